The van der Waals surface area contributed by atoms with Gasteiger partial charge in [0.1, 0.15) is 0 Å². The Balaban J connectivity index is 1.52. The minimum atomic E-state index is 0.0595. The predicted molar refractivity (Wildman–Crippen MR) is 186 cm³/mol. The van der Waals surface area contributed by atoms with Crippen molar-refractivity contribution in [1.82, 2.24) is 9.97 Å². The van der Waals surface area contributed by atoms with Crippen LogP contribution in [0.15, 0.2) is 140 Å². The Bertz CT molecular complexity index is 2140. The van der Waals surface area contributed by atoms with Crippen LogP contribution in [-0.2, 0) is 5.41 Å². The molecule has 0 bridgehead atoms. The SMILES string of the molecule is CC(C)(C)c1cc2ccc3c(-c4ccccc4-c4ccccn4)cc(-c4ccccc4-c4ccccn4)c4ccc(c1)c2c34. The van der Waals surface area contributed by atoms with Gasteiger partial charge < -0.3 is 0 Å². The molecule has 0 aliphatic rings. The fourth-order valence-corrected chi connectivity index (χ4v) is 6.72. The van der Waals surface area contributed by atoms with E-state index in [1.807, 2.05) is 24.5 Å². The van der Waals surface area contributed by atoms with Crippen LogP contribution in [0, 0.1) is 0 Å². The molecule has 2 nitrogen and oxygen atoms in total. The highest BCUT2D eigenvalue weighted by Crippen LogP contribution is 2.47. The number of aromatic nitrogens is 2. The number of hydrogen-bond donors (Lipinski definition) is 0. The average Bonchev–Trinajstić information content (AvgIpc) is 3.07. The first kappa shape index (κ1) is 26.3. The molecule has 0 N–H and O–H groups in total. The molecule has 0 amide bonds. The number of rotatable bonds is 4. The normalized spacial score (nSPS) is 12.0. The van der Waals surface area contributed by atoms with E-state index in [0.717, 1.165) is 22.5 Å². The molecule has 0 spiro atoms. The molecular formula is C42H32N2. The molecule has 2 heterocycles. The Hall–Kier alpha value is -5.34. The monoisotopic (exact) mass is 564 g/mol. The first-order valence-electron chi connectivity index (χ1n) is 15.2. The minimum absolute atomic E-state index is 0.0595. The van der Waals surface area contributed by atoms with Crippen LogP contribution < -0.4 is 0 Å². The summed E-state index contributed by atoms with van der Waals surface area (Å²) < 4.78 is 0. The van der Waals surface area contributed by atoms with E-state index < -0.39 is 0 Å². The first-order chi connectivity index (χ1) is 21.5. The molecule has 0 saturated heterocycles. The lowest BCUT2D eigenvalue weighted by atomic mass is 9.80. The summed E-state index contributed by atoms with van der Waals surface area (Å²) in [7, 11) is 0. The molecule has 0 aliphatic heterocycles. The van der Waals surface area contributed by atoms with Gasteiger partial charge in [0.25, 0.3) is 0 Å². The van der Waals surface area contributed by atoms with Gasteiger partial charge in [0.2, 0.25) is 0 Å². The van der Waals surface area contributed by atoms with Gasteiger partial charge in [-0.2, -0.15) is 0 Å². The van der Waals surface area contributed by atoms with Crippen LogP contribution in [0.3, 0.4) is 0 Å². The van der Waals surface area contributed by atoms with E-state index in [1.54, 1.807) is 0 Å². The maximum absolute atomic E-state index is 4.76. The summed E-state index contributed by atoms with van der Waals surface area (Å²) in [6, 6.07) is 46.0. The summed E-state index contributed by atoms with van der Waals surface area (Å²) in [6.07, 6.45) is 3.75. The van der Waals surface area contributed by atoms with E-state index in [2.05, 4.69) is 136 Å². The summed E-state index contributed by atoms with van der Waals surface area (Å²) in [5.74, 6) is 0. The maximum Gasteiger partial charge on any atom is 0.0708 e. The van der Waals surface area contributed by atoms with E-state index in [9.17, 15) is 0 Å². The second-order valence-electron chi connectivity index (χ2n) is 12.6. The molecule has 6 aromatic carbocycles. The Morgan fingerprint density at radius 3 is 1.30 bits per heavy atom. The number of nitrogens with zero attached hydrogens (tertiary/aromatic N) is 2. The highest BCUT2D eigenvalue weighted by atomic mass is 14.7. The van der Waals surface area contributed by atoms with Crippen LogP contribution in [0.5, 0.6) is 0 Å². The quantitative estimate of drug-likeness (QED) is 0.199. The molecular weight excluding hydrogens is 532 g/mol. The van der Waals surface area contributed by atoms with Crippen LogP contribution in [0.1, 0.15) is 26.3 Å². The lowest BCUT2D eigenvalue weighted by Gasteiger charge is -2.23. The highest BCUT2D eigenvalue weighted by molar-refractivity contribution is 6.29. The van der Waals surface area contributed by atoms with Gasteiger partial charge >= 0.3 is 0 Å². The number of pyridine rings is 2. The Kier molecular flexibility index (Phi) is 6.06. The first-order valence-corrected chi connectivity index (χ1v) is 15.2. The fourth-order valence-electron chi connectivity index (χ4n) is 6.72. The van der Waals surface area contributed by atoms with Crippen LogP contribution in [0.4, 0.5) is 0 Å². The van der Waals surface area contributed by atoms with Gasteiger partial charge in [0.15, 0.2) is 0 Å². The lowest BCUT2D eigenvalue weighted by molar-refractivity contribution is 0.591. The third kappa shape index (κ3) is 4.26. The van der Waals surface area contributed by atoms with Gasteiger partial charge in [-0.25, -0.2) is 0 Å². The zero-order chi connectivity index (χ0) is 29.8. The van der Waals surface area contributed by atoms with Crippen molar-refractivity contribution in [3.63, 3.8) is 0 Å². The molecule has 210 valence electrons. The van der Waals surface area contributed by atoms with Gasteiger partial charge in [-0.15, -0.1) is 0 Å². The molecule has 0 radical (unpaired) electrons. The third-order valence-electron chi connectivity index (χ3n) is 8.90. The molecule has 2 heteroatoms. The zero-order valence-electron chi connectivity index (χ0n) is 25.2. The molecule has 0 fully saturated rings. The van der Waals surface area contributed by atoms with Gasteiger partial charge in [-0.3, -0.25) is 9.97 Å². The summed E-state index contributed by atoms with van der Waals surface area (Å²) >= 11 is 0. The summed E-state index contributed by atoms with van der Waals surface area (Å²) in [5.41, 5.74) is 10.4. The molecule has 0 atom stereocenters. The van der Waals surface area contributed by atoms with E-state index in [-0.39, 0.29) is 5.41 Å². The van der Waals surface area contributed by atoms with E-state index >= 15 is 0 Å². The maximum atomic E-state index is 4.76. The topological polar surface area (TPSA) is 25.8 Å². The Labute approximate surface area is 258 Å². The predicted octanol–water partition coefficient (Wildman–Crippen LogP) is 11.3. The standard InChI is InChI=1S/C42H32N2/c1-42(2,3)29-24-27-18-20-34-36(30-12-4-6-14-32(30)38-16-8-10-22-43-38)26-37(35-21-19-28(25-29)40(27)41(34)35)31-13-5-7-15-33(31)39-17-9-11-23-44-39/h4-26H,1-3H3. The summed E-state index contributed by atoms with van der Waals surface area (Å²) in [5, 5.41) is 7.70. The van der Waals surface area contributed by atoms with E-state index in [0.29, 0.717) is 0 Å². The second-order valence-corrected chi connectivity index (χ2v) is 12.6. The van der Waals surface area contributed by atoms with Crippen molar-refractivity contribution in [2.75, 3.05) is 0 Å². The van der Waals surface area contributed by atoms with Crippen molar-refractivity contribution in [1.29, 1.82) is 0 Å². The second kappa shape index (κ2) is 10.1. The van der Waals surface area contributed by atoms with Gasteiger partial charge in [0, 0.05) is 23.5 Å². The number of hydrogen-bond acceptors (Lipinski definition) is 2. The summed E-state index contributed by atoms with van der Waals surface area (Å²) in [6.45, 7) is 6.87. The number of benzene rings is 6. The summed E-state index contributed by atoms with van der Waals surface area (Å²) in [4.78, 5) is 9.51. The van der Waals surface area contributed by atoms with Crippen molar-refractivity contribution >= 4 is 32.3 Å². The lowest BCUT2D eigenvalue weighted by Crippen LogP contribution is -2.10. The van der Waals surface area contributed by atoms with Crippen molar-refractivity contribution in [2.45, 2.75) is 26.2 Å². The third-order valence-corrected chi connectivity index (χ3v) is 8.90. The molecule has 0 unspecified atom stereocenters. The highest BCUT2D eigenvalue weighted by Gasteiger charge is 2.22. The van der Waals surface area contributed by atoms with Crippen LogP contribution in [0.2, 0.25) is 0 Å². The van der Waals surface area contributed by atoms with Gasteiger partial charge in [-0.1, -0.05) is 118 Å². The van der Waals surface area contributed by atoms with Crippen molar-refractivity contribution < 1.29 is 0 Å². The van der Waals surface area contributed by atoms with Crippen LogP contribution in [-0.4, -0.2) is 9.97 Å². The minimum Gasteiger partial charge on any atom is -0.256 e. The van der Waals surface area contributed by atoms with E-state index in [4.69, 9.17) is 9.97 Å². The van der Waals surface area contributed by atoms with Crippen LogP contribution >= 0.6 is 0 Å². The van der Waals surface area contributed by atoms with Gasteiger partial charge in [-0.05, 0) is 95.9 Å². The fraction of sp³-hybridized carbons (Fsp3) is 0.0952. The molecule has 2 aromatic heterocycles. The largest absolute Gasteiger partial charge is 0.256 e. The van der Waals surface area contributed by atoms with Crippen molar-refractivity contribution in [2.24, 2.45) is 0 Å². The smallest absolute Gasteiger partial charge is 0.0708 e. The van der Waals surface area contributed by atoms with Gasteiger partial charge in [0.05, 0.1) is 11.4 Å². The molecule has 0 saturated carbocycles. The van der Waals surface area contributed by atoms with Crippen LogP contribution in [0.25, 0.3) is 77.1 Å². The zero-order valence-corrected chi connectivity index (χ0v) is 25.2. The molecule has 8 aromatic rings. The Morgan fingerprint density at radius 1 is 0.409 bits per heavy atom. The van der Waals surface area contributed by atoms with E-state index in [1.165, 1.54) is 60.1 Å². The molecule has 44 heavy (non-hydrogen) atoms. The van der Waals surface area contributed by atoms with Crippen molar-refractivity contribution in [3.05, 3.63) is 145 Å². The molecule has 8 rings (SSSR count). The molecule has 0 aliphatic carbocycles. The Morgan fingerprint density at radius 2 is 0.864 bits per heavy atom. The average molecular weight is 565 g/mol. The van der Waals surface area contributed by atoms with Crippen molar-refractivity contribution in [3.8, 4) is 44.8 Å².